The predicted octanol–water partition coefficient (Wildman–Crippen LogP) is 1.19. The molecule has 138 valence electrons. The van der Waals surface area contributed by atoms with Crippen LogP contribution in [0.2, 0.25) is 0 Å². The Morgan fingerprint density at radius 3 is 2.46 bits per heavy atom. The number of rotatable bonds is 5. The average molecular weight is 340 g/mol. The highest BCUT2D eigenvalue weighted by Gasteiger charge is 2.57. The lowest BCUT2D eigenvalue weighted by Crippen LogP contribution is -2.69. The van der Waals surface area contributed by atoms with Gasteiger partial charge in [0.15, 0.2) is 0 Å². The quantitative estimate of drug-likeness (QED) is 0.815. The standard InChI is InChI=1S/C18H32N2O4/c1-4-24-15-13-14(18(15)5-9-22-10-6-18)19-16(21)17(2,3)20-7-11-23-12-8-20/h14-15H,4-13H2,1-3H3,(H,19,21)/t14-,15+/m1/s1. The molecule has 6 nitrogen and oxygen atoms in total. The third-order valence-corrected chi connectivity index (χ3v) is 6.24. The summed E-state index contributed by atoms with van der Waals surface area (Å²) in [5.41, 5.74) is -0.447. The largest absolute Gasteiger partial charge is 0.381 e. The van der Waals surface area contributed by atoms with Gasteiger partial charge in [-0.15, -0.1) is 0 Å². The number of hydrogen-bond acceptors (Lipinski definition) is 5. The van der Waals surface area contributed by atoms with Gasteiger partial charge in [-0.1, -0.05) is 0 Å². The third kappa shape index (κ3) is 3.21. The molecule has 3 aliphatic rings. The van der Waals surface area contributed by atoms with E-state index in [0.717, 1.165) is 52.2 Å². The monoisotopic (exact) mass is 340 g/mol. The normalized spacial score (nSPS) is 30.8. The van der Waals surface area contributed by atoms with E-state index < -0.39 is 5.54 Å². The lowest BCUT2D eigenvalue weighted by Gasteiger charge is -2.58. The minimum Gasteiger partial charge on any atom is -0.381 e. The van der Waals surface area contributed by atoms with E-state index in [4.69, 9.17) is 14.2 Å². The van der Waals surface area contributed by atoms with Gasteiger partial charge in [0, 0.05) is 44.4 Å². The fourth-order valence-electron chi connectivity index (χ4n) is 4.41. The summed E-state index contributed by atoms with van der Waals surface area (Å²) in [7, 11) is 0. The van der Waals surface area contributed by atoms with E-state index in [0.29, 0.717) is 13.2 Å². The molecule has 1 N–H and O–H groups in total. The molecule has 0 aromatic rings. The molecule has 0 radical (unpaired) electrons. The van der Waals surface area contributed by atoms with Crippen molar-refractivity contribution in [2.24, 2.45) is 5.41 Å². The number of carbonyl (C=O) groups excluding carboxylic acids is 1. The minimum atomic E-state index is -0.507. The number of nitrogens with zero attached hydrogens (tertiary/aromatic N) is 1. The minimum absolute atomic E-state index is 0.0605. The SMILES string of the molecule is CCO[C@H]1C[C@@H](NC(=O)C(C)(C)N2CCOCC2)C12CCOCC2. The first-order chi connectivity index (χ1) is 11.5. The second kappa shape index (κ2) is 7.28. The topological polar surface area (TPSA) is 60.0 Å². The molecular weight excluding hydrogens is 308 g/mol. The van der Waals surface area contributed by atoms with Crippen molar-refractivity contribution < 1.29 is 19.0 Å². The van der Waals surface area contributed by atoms with Gasteiger partial charge in [-0.3, -0.25) is 9.69 Å². The Morgan fingerprint density at radius 2 is 1.83 bits per heavy atom. The highest BCUT2D eigenvalue weighted by Crippen LogP contribution is 2.50. The molecule has 1 spiro atoms. The summed E-state index contributed by atoms with van der Waals surface area (Å²) in [5, 5.41) is 3.35. The van der Waals surface area contributed by atoms with Crippen LogP contribution < -0.4 is 5.32 Å². The van der Waals surface area contributed by atoms with Gasteiger partial charge in [0.25, 0.3) is 0 Å². The molecule has 1 saturated carbocycles. The van der Waals surface area contributed by atoms with Gasteiger partial charge >= 0.3 is 0 Å². The maximum absolute atomic E-state index is 13.0. The number of hydrogen-bond donors (Lipinski definition) is 1. The second-order valence-corrected chi connectivity index (χ2v) is 7.71. The third-order valence-electron chi connectivity index (χ3n) is 6.24. The van der Waals surface area contributed by atoms with Crippen LogP contribution in [-0.2, 0) is 19.0 Å². The van der Waals surface area contributed by atoms with E-state index >= 15 is 0 Å². The number of ether oxygens (including phenoxy) is 3. The summed E-state index contributed by atoms with van der Waals surface area (Å²) >= 11 is 0. The lowest BCUT2D eigenvalue weighted by atomic mass is 9.57. The summed E-state index contributed by atoms with van der Waals surface area (Å²) in [6.07, 6.45) is 3.11. The van der Waals surface area contributed by atoms with Crippen molar-refractivity contribution in [3.05, 3.63) is 0 Å². The van der Waals surface area contributed by atoms with E-state index in [9.17, 15) is 4.79 Å². The fraction of sp³-hybridized carbons (Fsp3) is 0.944. The van der Waals surface area contributed by atoms with Crippen molar-refractivity contribution in [3.63, 3.8) is 0 Å². The molecule has 0 aromatic carbocycles. The molecular formula is C18H32N2O4. The van der Waals surface area contributed by atoms with E-state index in [1.165, 1.54) is 0 Å². The molecule has 2 heterocycles. The molecule has 1 amide bonds. The van der Waals surface area contributed by atoms with Crippen LogP contribution in [0.5, 0.6) is 0 Å². The summed E-state index contributed by atoms with van der Waals surface area (Å²) in [6, 6.07) is 0.200. The van der Waals surface area contributed by atoms with Crippen molar-refractivity contribution in [2.45, 2.75) is 57.7 Å². The summed E-state index contributed by atoms with van der Waals surface area (Å²) in [6.45, 7) is 11.4. The van der Waals surface area contributed by atoms with E-state index in [-0.39, 0.29) is 23.5 Å². The van der Waals surface area contributed by atoms with E-state index in [1.54, 1.807) is 0 Å². The summed E-state index contributed by atoms with van der Waals surface area (Å²) < 4.78 is 16.9. The first-order valence-electron chi connectivity index (χ1n) is 9.34. The Bertz CT molecular complexity index is 442. The Labute approximate surface area is 145 Å². The van der Waals surface area contributed by atoms with Crippen LogP contribution in [0.1, 0.15) is 40.0 Å². The molecule has 2 atom stereocenters. The molecule has 0 aromatic heterocycles. The van der Waals surface area contributed by atoms with Gasteiger partial charge in [0.2, 0.25) is 5.91 Å². The Hall–Kier alpha value is -0.690. The number of amides is 1. The number of morpholine rings is 1. The molecule has 1 aliphatic carbocycles. The maximum atomic E-state index is 13.0. The van der Waals surface area contributed by atoms with Crippen LogP contribution in [-0.4, -0.2) is 74.6 Å². The van der Waals surface area contributed by atoms with Crippen molar-refractivity contribution in [2.75, 3.05) is 46.1 Å². The van der Waals surface area contributed by atoms with Gasteiger partial charge in [-0.05, 0) is 40.0 Å². The highest BCUT2D eigenvalue weighted by atomic mass is 16.5. The fourth-order valence-corrected chi connectivity index (χ4v) is 4.41. The van der Waals surface area contributed by atoms with Crippen LogP contribution in [0, 0.1) is 5.41 Å². The Morgan fingerprint density at radius 1 is 1.21 bits per heavy atom. The van der Waals surface area contributed by atoms with Crippen molar-refractivity contribution in [1.29, 1.82) is 0 Å². The van der Waals surface area contributed by atoms with Crippen molar-refractivity contribution in [3.8, 4) is 0 Å². The zero-order chi connectivity index (χ0) is 17.2. The molecule has 3 rings (SSSR count). The first kappa shape index (κ1) is 18.1. The molecule has 2 aliphatic heterocycles. The molecule has 0 unspecified atom stereocenters. The number of carbonyl (C=O) groups is 1. The molecule has 24 heavy (non-hydrogen) atoms. The Kier molecular flexibility index (Phi) is 5.49. The highest BCUT2D eigenvalue weighted by molar-refractivity contribution is 5.86. The summed E-state index contributed by atoms with van der Waals surface area (Å²) in [4.78, 5) is 15.2. The average Bonchev–Trinajstić information content (AvgIpc) is 2.62. The smallest absolute Gasteiger partial charge is 0.240 e. The van der Waals surface area contributed by atoms with Crippen molar-refractivity contribution >= 4 is 5.91 Å². The van der Waals surface area contributed by atoms with Crippen LogP contribution in [0.3, 0.4) is 0 Å². The molecule has 6 heteroatoms. The lowest BCUT2D eigenvalue weighted by molar-refractivity contribution is -0.178. The predicted molar refractivity (Wildman–Crippen MR) is 90.9 cm³/mol. The van der Waals surface area contributed by atoms with Crippen LogP contribution in [0.25, 0.3) is 0 Å². The van der Waals surface area contributed by atoms with Crippen LogP contribution in [0.4, 0.5) is 0 Å². The van der Waals surface area contributed by atoms with Gasteiger partial charge < -0.3 is 19.5 Å². The van der Waals surface area contributed by atoms with Crippen LogP contribution in [0.15, 0.2) is 0 Å². The van der Waals surface area contributed by atoms with Gasteiger partial charge in [-0.2, -0.15) is 0 Å². The summed E-state index contributed by atoms with van der Waals surface area (Å²) in [5.74, 6) is 0.121. The number of nitrogens with one attached hydrogen (secondary N) is 1. The Balaban J connectivity index is 1.64. The second-order valence-electron chi connectivity index (χ2n) is 7.71. The van der Waals surface area contributed by atoms with Gasteiger partial charge in [-0.25, -0.2) is 0 Å². The van der Waals surface area contributed by atoms with Gasteiger partial charge in [0.1, 0.15) is 0 Å². The molecule has 0 bridgehead atoms. The zero-order valence-corrected chi connectivity index (χ0v) is 15.3. The van der Waals surface area contributed by atoms with E-state index in [1.807, 2.05) is 20.8 Å². The van der Waals surface area contributed by atoms with Gasteiger partial charge in [0.05, 0.1) is 24.9 Å². The van der Waals surface area contributed by atoms with Crippen molar-refractivity contribution in [1.82, 2.24) is 10.2 Å². The molecule has 3 fully saturated rings. The van der Waals surface area contributed by atoms with E-state index in [2.05, 4.69) is 10.2 Å². The first-order valence-corrected chi connectivity index (χ1v) is 9.34. The maximum Gasteiger partial charge on any atom is 0.240 e. The zero-order valence-electron chi connectivity index (χ0n) is 15.3. The molecule has 2 saturated heterocycles. The van der Waals surface area contributed by atoms with Crippen LogP contribution >= 0.6 is 0 Å².